The van der Waals surface area contributed by atoms with Gasteiger partial charge in [-0.3, -0.25) is 10.4 Å². The number of pyridine rings is 1. The molecule has 0 bridgehead atoms. The van der Waals surface area contributed by atoms with Gasteiger partial charge in [-0.1, -0.05) is 6.07 Å². The molecule has 2 rings (SSSR count). The van der Waals surface area contributed by atoms with Crippen LogP contribution in [0.4, 0.5) is 11.8 Å². The Hall–Kier alpha value is -2.21. The van der Waals surface area contributed by atoms with E-state index >= 15 is 0 Å². The fourth-order valence-electron chi connectivity index (χ4n) is 1.56. The molecule has 6 nitrogen and oxygen atoms in total. The Kier molecular flexibility index (Phi) is 4.03. The number of hydrogen-bond acceptors (Lipinski definition) is 6. The zero-order valence-corrected chi connectivity index (χ0v) is 10.2. The average molecular weight is 244 g/mol. The third kappa shape index (κ3) is 3.14. The minimum Gasteiger partial charge on any atom is -0.369 e. The highest BCUT2D eigenvalue weighted by Crippen LogP contribution is 2.11. The number of hydrazine groups is 1. The second kappa shape index (κ2) is 5.92. The van der Waals surface area contributed by atoms with Crippen molar-refractivity contribution in [3.63, 3.8) is 0 Å². The molecular formula is C12H16N6. The van der Waals surface area contributed by atoms with Crippen molar-refractivity contribution in [2.75, 3.05) is 17.3 Å². The van der Waals surface area contributed by atoms with Crippen LogP contribution in [-0.4, -0.2) is 21.5 Å². The van der Waals surface area contributed by atoms with Crippen molar-refractivity contribution in [2.24, 2.45) is 5.84 Å². The molecule has 0 unspecified atom stereocenters. The summed E-state index contributed by atoms with van der Waals surface area (Å²) in [5.41, 5.74) is 4.61. The summed E-state index contributed by atoms with van der Waals surface area (Å²) in [6, 6.07) is 3.98. The van der Waals surface area contributed by atoms with Gasteiger partial charge in [0.15, 0.2) is 0 Å². The Labute approximate surface area is 106 Å². The number of nitrogens with zero attached hydrogens (tertiary/aromatic N) is 3. The number of nitrogen functional groups attached to an aromatic ring is 1. The highest BCUT2D eigenvalue weighted by molar-refractivity contribution is 5.46. The molecule has 18 heavy (non-hydrogen) atoms. The molecule has 0 aliphatic rings. The Morgan fingerprint density at radius 3 is 2.94 bits per heavy atom. The molecule has 0 aliphatic carbocycles. The fourth-order valence-corrected chi connectivity index (χ4v) is 1.56. The van der Waals surface area contributed by atoms with Crippen LogP contribution in [0, 0.1) is 6.92 Å². The quantitative estimate of drug-likeness (QED) is 0.539. The van der Waals surface area contributed by atoms with E-state index in [1.807, 2.05) is 25.3 Å². The maximum Gasteiger partial charge on any atom is 0.239 e. The molecule has 0 saturated heterocycles. The summed E-state index contributed by atoms with van der Waals surface area (Å²) in [5, 5.41) is 3.26. The lowest BCUT2D eigenvalue weighted by Gasteiger charge is -2.09. The van der Waals surface area contributed by atoms with Crippen LogP contribution in [0.5, 0.6) is 0 Å². The van der Waals surface area contributed by atoms with Crippen LogP contribution in [0.1, 0.15) is 11.1 Å². The molecule has 0 fully saturated rings. The van der Waals surface area contributed by atoms with Gasteiger partial charge < -0.3 is 5.32 Å². The van der Waals surface area contributed by atoms with Gasteiger partial charge in [0.25, 0.3) is 0 Å². The van der Waals surface area contributed by atoms with Gasteiger partial charge in [-0.15, -0.1) is 0 Å². The van der Waals surface area contributed by atoms with E-state index in [4.69, 9.17) is 5.84 Å². The van der Waals surface area contributed by atoms with Crippen molar-refractivity contribution in [2.45, 2.75) is 13.3 Å². The second-order valence-electron chi connectivity index (χ2n) is 3.91. The molecule has 0 atom stereocenters. The fraction of sp³-hybridized carbons (Fsp3) is 0.250. The molecule has 2 aromatic rings. The monoisotopic (exact) mass is 244 g/mol. The highest BCUT2D eigenvalue weighted by atomic mass is 15.3. The van der Waals surface area contributed by atoms with Crippen molar-refractivity contribution in [3.8, 4) is 0 Å². The third-order valence-corrected chi connectivity index (χ3v) is 2.53. The molecular weight excluding hydrogens is 228 g/mol. The zero-order valence-electron chi connectivity index (χ0n) is 10.2. The molecule has 2 aromatic heterocycles. The van der Waals surface area contributed by atoms with Crippen molar-refractivity contribution in [1.29, 1.82) is 0 Å². The lowest BCUT2D eigenvalue weighted by Crippen LogP contribution is -2.13. The topological polar surface area (TPSA) is 88.8 Å². The van der Waals surface area contributed by atoms with Gasteiger partial charge >= 0.3 is 0 Å². The van der Waals surface area contributed by atoms with Gasteiger partial charge in [0.05, 0.1) is 0 Å². The molecule has 0 spiro atoms. The minimum absolute atomic E-state index is 0.407. The summed E-state index contributed by atoms with van der Waals surface area (Å²) >= 11 is 0. The summed E-state index contributed by atoms with van der Waals surface area (Å²) in [4.78, 5) is 12.3. The number of aromatic nitrogens is 3. The van der Waals surface area contributed by atoms with E-state index in [-0.39, 0.29) is 0 Å². The first-order valence-electron chi connectivity index (χ1n) is 5.72. The number of rotatable bonds is 5. The Balaban J connectivity index is 1.94. The first kappa shape index (κ1) is 12.3. The SMILES string of the molecule is Cc1cnc(NN)nc1NCCc1cccnc1. The number of aryl methyl sites for hydroxylation is 1. The van der Waals surface area contributed by atoms with Gasteiger partial charge in [0, 0.05) is 30.7 Å². The summed E-state index contributed by atoms with van der Waals surface area (Å²) < 4.78 is 0. The maximum absolute atomic E-state index is 5.28. The number of hydrogen-bond donors (Lipinski definition) is 3. The van der Waals surface area contributed by atoms with E-state index in [9.17, 15) is 0 Å². The van der Waals surface area contributed by atoms with E-state index < -0.39 is 0 Å². The molecule has 0 saturated carbocycles. The first-order chi connectivity index (χ1) is 8.79. The van der Waals surface area contributed by atoms with Crippen molar-refractivity contribution in [3.05, 3.63) is 41.9 Å². The molecule has 0 amide bonds. The van der Waals surface area contributed by atoms with Crippen LogP contribution in [-0.2, 0) is 6.42 Å². The van der Waals surface area contributed by atoms with Crippen LogP contribution in [0.2, 0.25) is 0 Å². The van der Waals surface area contributed by atoms with Gasteiger partial charge in [-0.25, -0.2) is 10.8 Å². The molecule has 0 aliphatic heterocycles. The second-order valence-corrected chi connectivity index (χ2v) is 3.91. The van der Waals surface area contributed by atoms with Crippen LogP contribution in [0.25, 0.3) is 0 Å². The normalized spacial score (nSPS) is 10.1. The zero-order chi connectivity index (χ0) is 12.8. The van der Waals surface area contributed by atoms with E-state index in [0.29, 0.717) is 5.95 Å². The lowest BCUT2D eigenvalue weighted by atomic mass is 10.2. The predicted molar refractivity (Wildman–Crippen MR) is 71.0 cm³/mol. The van der Waals surface area contributed by atoms with E-state index in [0.717, 1.165) is 24.3 Å². The molecule has 6 heteroatoms. The maximum atomic E-state index is 5.28. The highest BCUT2D eigenvalue weighted by Gasteiger charge is 2.02. The van der Waals surface area contributed by atoms with Crippen molar-refractivity contribution >= 4 is 11.8 Å². The van der Waals surface area contributed by atoms with Crippen LogP contribution in [0.3, 0.4) is 0 Å². The Morgan fingerprint density at radius 1 is 1.33 bits per heavy atom. The number of anilines is 2. The molecule has 0 radical (unpaired) electrons. The smallest absolute Gasteiger partial charge is 0.239 e. The number of nitrogens with one attached hydrogen (secondary N) is 2. The van der Waals surface area contributed by atoms with Crippen LogP contribution in [0.15, 0.2) is 30.7 Å². The van der Waals surface area contributed by atoms with Crippen molar-refractivity contribution < 1.29 is 0 Å². The van der Waals surface area contributed by atoms with E-state index in [1.54, 1.807) is 12.4 Å². The molecule has 2 heterocycles. The molecule has 0 aromatic carbocycles. The predicted octanol–water partition coefficient (Wildman–Crippen LogP) is 1.12. The van der Waals surface area contributed by atoms with Gasteiger partial charge in [-0.05, 0) is 25.0 Å². The lowest BCUT2D eigenvalue weighted by molar-refractivity contribution is 0.980. The van der Waals surface area contributed by atoms with Gasteiger partial charge in [0.1, 0.15) is 5.82 Å². The Morgan fingerprint density at radius 2 is 2.22 bits per heavy atom. The van der Waals surface area contributed by atoms with Gasteiger partial charge in [0.2, 0.25) is 5.95 Å². The Bertz CT molecular complexity index is 499. The third-order valence-electron chi connectivity index (χ3n) is 2.53. The summed E-state index contributed by atoms with van der Waals surface area (Å²) in [5.74, 6) is 6.48. The minimum atomic E-state index is 0.407. The number of nitrogens with two attached hydrogens (primary N) is 1. The molecule has 94 valence electrons. The summed E-state index contributed by atoms with van der Waals surface area (Å²) in [7, 11) is 0. The van der Waals surface area contributed by atoms with Crippen LogP contribution < -0.4 is 16.6 Å². The van der Waals surface area contributed by atoms with Crippen LogP contribution >= 0.6 is 0 Å². The average Bonchev–Trinajstić information content (AvgIpc) is 2.42. The van der Waals surface area contributed by atoms with Crippen molar-refractivity contribution in [1.82, 2.24) is 15.0 Å². The summed E-state index contributed by atoms with van der Waals surface area (Å²) in [6.07, 6.45) is 6.25. The largest absolute Gasteiger partial charge is 0.369 e. The van der Waals surface area contributed by atoms with E-state index in [2.05, 4.69) is 25.7 Å². The first-order valence-corrected chi connectivity index (χ1v) is 5.72. The molecule has 4 N–H and O–H groups in total. The van der Waals surface area contributed by atoms with E-state index in [1.165, 1.54) is 5.56 Å². The summed E-state index contributed by atoms with van der Waals surface area (Å²) in [6.45, 7) is 2.74. The van der Waals surface area contributed by atoms with Gasteiger partial charge in [-0.2, -0.15) is 4.98 Å². The standard InChI is InChI=1S/C12H16N6/c1-9-7-16-12(18-13)17-11(9)15-6-4-10-3-2-5-14-8-10/h2-3,5,7-8H,4,6,13H2,1H3,(H2,15,16,17,18).